The molecule has 0 bridgehead atoms. The van der Waals surface area contributed by atoms with Crippen LogP contribution in [0.5, 0.6) is 0 Å². The molecule has 40 heavy (non-hydrogen) atoms. The van der Waals surface area contributed by atoms with Gasteiger partial charge in [0, 0.05) is 0 Å². The molecule has 0 N–H and O–H groups in total. The Balaban J connectivity index is 1.33. The van der Waals surface area contributed by atoms with Gasteiger partial charge in [-0.3, -0.25) is 0 Å². The third-order valence-corrected chi connectivity index (χ3v) is 12.6. The van der Waals surface area contributed by atoms with Crippen molar-refractivity contribution in [2.75, 3.05) is 0 Å². The number of rotatable bonds is 7. The van der Waals surface area contributed by atoms with Gasteiger partial charge in [0.05, 0.1) is 0 Å². The monoisotopic (exact) mass is 550 g/mol. The molecule has 2 atom stereocenters. The molecule has 2 heteroatoms. The predicted octanol–water partition coefficient (Wildman–Crippen LogP) is 7.49. The third-order valence-electron chi connectivity index (χ3n) is 7.33. The van der Waals surface area contributed by atoms with Crippen LogP contribution in [0.3, 0.4) is 0 Å². The molecule has 0 aromatic heterocycles. The van der Waals surface area contributed by atoms with Crippen LogP contribution in [-0.4, -0.2) is 0 Å². The minimum atomic E-state index is -0.614. The van der Waals surface area contributed by atoms with Crippen LogP contribution in [0.2, 0.25) is 0 Å². The normalized spacial score (nSPS) is 12.6. The van der Waals surface area contributed by atoms with E-state index in [1.165, 1.54) is 54.1 Å². The van der Waals surface area contributed by atoms with Gasteiger partial charge in [-0.1, -0.05) is 158 Å². The molecule has 0 fully saturated rings. The molecule has 0 amide bonds. The highest BCUT2D eigenvalue weighted by Crippen LogP contribution is 2.36. The number of benzene rings is 6. The largest absolute Gasteiger partial charge is 0.0622 e. The van der Waals surface area contributed by atoms with Crippen molar-refractivity contribution in [3.05, 3.63) is 169 Å². The highest BCUT2D eigenvalue weighted by Gasteiger charge is 2.19. The molecule has 194 valence electrons. The van der Waals surface area contributed by atoms with Gasteiger partial charge < -0.3 is 0 Å². The van der Waals surface area contributed by atoms with E-state index in [1.807, 2.05) is 0 Å². The van der Waals surface area contributed by atoms with Crippen molar-refractivity contribution < 1.29 is 0 Å². The Morgan fingerprint density at radius 3 is 0.950 bits per heavy atom. The summed E-state index contributed by atoms with van der Waals surface area (Å²) in [6.07, 6.45) is 0. The van der Waals surface area contributed by atoms with Crippen LogP contribution in [0.1, 0.15) is 11.1 Å². The van der Waals surface area contributed by atoms with Crippen LogP contribution in [0.15, 0.2) is 158 Å². The first-order valence-electron chi connectivity index (χ1n) is 13.7. The molecule has 0 heterocycles. The maximum absolute atomic E-state index is 2.33. The smallest absolute Gasteiger partial charge is 0.0122 e. The van der Waals surface area contributed by atoms with Gasteiger partial charge in [0.1, 0.15) is 0 Å². The fraction of sp³-hybridized carbons (Fsp3) is 0.0526. The van der Waals surface area contributed by atoms with E-state index >= 15 is 0 Å². The van der Waals surface area contributed by atoms with Crippen molar-refractivity contribution in [2.24, 2.45) is 0 Å². The van der Waals surface area contributed by atoms with Gasteiger partial charge in [0.25, 0.3) is 0 Å². The summed E-state index contributed by atoms with van der Waals surface area (Å²) in [6.45, 7) is 4.45. The Labute approximate surface area is 240 Å². The van der Waals surface area contributed by atoms with Gasteiger partial charge in [0.2, 0.25) is 0 Å². The van der Waals surface area contributed by atoms with E-state index in [9.17, 15) is 0 Å². The van der Waals surface area contributed by atoms with Crippen LogP contribution in [-0.2, 0) is 0 Å². The quantitative estimate of drug-likeness (QED) is 0.181. The zero-order valence-electron chi connectivity index (χ0n) is 22.9. The van der Waals surface area contributed by atoms with Crippen LogP contribution in [0, 0.1) is 13.8 Å². The molecule has 0 aliphatic heterocycles. The Morgan fingerprint density at radius 1 is 0.300 bits per heavy atom. The van der Waals surface area contributed by atoms with Gasteiger partial charge in [-0.15, -0.1) is 0 Å². The van der Waals surface area contributed by atoms with Crippen LogP contribution >= 0.6 is 15.8 Å². The first-order chi connectivity index (χ1) is 19.7. The number of aryl methyl sites for hydroxylation is 2. The topological polar surface area (TPSA) is 0 Å². The van der Waals surface area contributed by atoms with Gasteiger partial charge in [-0.05, 0) is 83.8 Å². The molecule has 6 rings (SSSR count). The molecule has 0 spiro atoms. The lowest BCUT2D eigenvalue weighted by atomic mass is 10.1. The first-order valence-corrected chi connectivity index (χ1v) is 16.4. The van der Waals surface area contributed by atoms with E-state index in [-0.39, 0.29) is 0 Å². The first kappa shape index (κ1) is 26.4. The van der Waals surface area contributed by atoms with Gasteiger partial charge >= 0.3 is 0 Å². The van der Waals surface area contributed by atoms with E-state index in [2.05, 4.69) is 172 Å². The van der Waals surface area contributed by atoms with Crippen molar-refractivity contribution in [3.8, 4) is 11.1 Å². The lowest BCUT2D eigenvalue weighted by molar-refractivity contribution is 1.52. The summed E-state index contributed by atoms with van der Waals surface area (Å²) in [5.41, 5.74) is 5.20. The lowest BCUT2D eigenvalue weighted by Crippen LogP contribution is -2.22. The van der Waals surface area contributed by atoms with E-state index < -0.39 is 15.8 Å². The van der Waals surface area contributed by atoms with E-state index in [0.29, 0.717) is 0 Å². The van der Waals surface area contributed by atoms with Gasteiger partial charge in [0.15, 0.2) is 0 Å². The zero-order chi connectivity index (χ0) is 27.3. The fourth-order valence-electron chi connectivity index (χ4n) is 5.24. The molecule has 0 radical (unpaired) electrons. The van der Waals surface area contributed by atoms with Crippen molar-refractivity contribution in [3.63, 3.8) is 0 Å². The average Bonchev–Trinajstić information content (AvgIpc) is 3.01. The minimum Gasteiger partial charge on any atom is -0.0622 e. The van der Waals surface area contributed by atoms with Crippen LogP contribution in [0.4, 0.5) is 0 Å². The average molecular weight is 551 g/mol. The second-order valence-corrected chi connectivity index (χ2v) is 14.4. The summed E-state index contributed by atoms with van der Waals surface area (Å²) < 4.78 is 0. The predicted molar refractivity (Wildman–Crippen MR) is 179 cm³/mol. The van der Waals surface area contributed by atoms with E-state index in [4.69, 9.17) is 0 Å². The van der Waals surface area contributed by atoms with Crippen LogP contribution in [0.25, 0.3) is 11.1 Å². The molecule has 0 aliphatic rings. The summed E-state index contributed by atoms with van der Waals surface area (Å²) >= 11 is 0. The molecule has 0 saturated carbocycles. The Morgan fingerprint density at radius 2 is 0.600 bits per heavy atom. The molecule has 0 aliphatic carbocycles. The number of hydrogen-bond acceptors (Lipinski definition) is 0. The molecule has 2 unspecified atom stereocenters. The molecular formula is C38H32P2. The molecule has 6 aromatic carbocycles. The van der Waals surface area contributed by atoms with Crippen molar-refractivity contribution in [1.82, 2.24) is 0 Å². The van der Waals surface area contributed by atoms with Crippen molar-refractivity contribution in [1.29, 1.82) is 0 Å². The maximum atomic E-state index is 2.33. The molecule has 0 saturated heterocycles. The standard InChI is InChI=1S/C38H32P2/c1-29-13-9-11-19-37(29)39(33-15-5-3-6-16-33)35-25-21-31(22-26-35)32-23-27-36(28-24-32)40(34-17-7-4-8-18-34)38-20-12-10-14-30(38)2/h3-28H,1-2H3. The summed E-state index contributed by atoms with van der Waals surface area (Å²) in [5.74, 6) is 0. The van der Waals surface area contributed by atoms with Crippen molar-refractivity contribution >= 4 is 47.7 Å². The molecule has 0 nitrogen and oxygen atoms in total. The van der Waals surface area contributed by atoms with Gasteiger partial charge in [-0.25, -0.2) is 0 Å². The highest BCUT2D eigenvalue weighted by molar-refractivity contribution is 7.80. The number of hydrogen-bond donors (Lipinski definition) is 0. The highest BCUT2D eigenvalue weighted by atomic mass is 31.1. The fourth-order valence-corrected chi connectivity index (χ4v) is 10.1. The third kappa shape index (κ3) is 5.57. The maximum Gasteiger partial charge on any atom is -0.0122 e. The molecular weight excluding hydrogens is 518 g/mol. The second kappa shape index (κ2) is 12.1. The van der Waals surface area contributed by atoms with E-state index in [1.54, 1.807) is 0 Å². The lowest BCUT2D eigenvalue weighted by Gasteiger charge is -2.22. The molecule has 6 aromatic rings. The zero-order valence-corrected chi connectivity index (χ0v) is 24.7. The summed E-state index contributed by atoms with van der Waals surface area (Å²) in [6, 6.07) is 58.0. The summed E-state index contributed by atoms with van der Waals surface area (Å²) in [4.78, 5) is 0. The minimum absolute atomic E-state index is 0.614. The second-order valence-electron chi connectivity index (χ2n) is 10.0. The Kier molecular flexibility index (Phi) is 8.02. The van der Waals surface area contributed by atoms with Crippen LogP contribution < -0.4 is 31.8 Å². The van der Waals surface area contributed by atoms with E-state index in [0.717, 1.165) is 0 Å². The Bertz CT molecular complexity index is 1560. The SMILES string of the molecule is Cc1ccccc1P(c1ccccc1)c1ccc(-c2ccc(P(c3ccccc3)c3ccccc3C)cc2)cc1. The van der Waals surface area contributed by atoms with Gasteiger partial charge in [-0.2, -0.15) is 0 Å². The van der Waals surface area contributed by atoms with Crippen molar-refractivity contribution in [2.45, 2.75) is 13.8 Å². The summed E-state index contributed by atoms with van der Waals surface area (Å²) in [5, 5.41) is 8.37. The summed E-state index contributed by atoms with van der Waals surface area (Å²) in [7, 11) is -1.23. The Hall–Kier alpha value is -3.82.